The van der Waals surface area contributed by atoms with Gasteiger partial charge in [0.15, 0.2) is 14.6 Å². The molecule has 2 aromatic carbocycles. The van der Waals surface area contributed by atoms with E-state index < -0.39 is 8.32 Å². The van der Waals surface area contributed by atoms with E-state index in [1.165, 1.54) is 0 Å². The third-order valence-electron chi connectivity index (χ3n) is 4.77. The molecule has 0 aliphatic heterocycles. The van der Waals surface area contributed by atoms with E-state index >= 15 is 0 Å². The van der Waals surface area contributed by atoms with Crippen LogP contribution in [0.2, 0.25) is 18.1 Å². The highest BCUT2D eigenvalue weighted by molar-refractivity contribution is 14.1. The first-order valence-electron chi connectivity index (χ1n) is 8.92. The molecular weight excluding hydrogens is 471 g/mol. The highest BCUT2D eigenvalue weighted by Crippen LogP contribution is 2.36. The molecule has 0 saturated heterocycles. The van der Waals surface area contributed by atoms with Crippen LogP contribution in [-0.4, -0.2) is 27.8 Å². The van der Waals surface area contributed by atoms with Crippen LogP contribution in [0, 0.1) is 3.57 Å². The first kappa shape index (κ1) is 21.9. The van der Waals surface area contributed by atoms with Gasteiger partial charge < -0.3 is 13.9 Å². The summed E-state index contributed by atoms with van der Waals surface area (Å²) in [5, 5.41) is 0.196. The third-order valence-corrected chi connectivity index (χ3v) is 9.98. The lowest BCUT2D eigenvalue weighted by atomic mass is 10.2. The molecule has 0 aliphatic rings. The second kappa shape index (κ2) is 9.21. The van der Waals surface area contributed by atoms with Crippen molar-refractivity contribution >= 4 is 37.2 Å². The number of carbonyl (C=O) groups is 1. The summed E-state index contributed by atoms with van der Waals surface area (Å²) in [7, 11) is -1.74. The molecule has 0 heterocycles. The molecule has 0 N–H and O–H groups in total. The van der Waals surface area contributed by atoms with Gasteiger partial charge in [-0.1, -0.05) is 20.8 Å². The lowest BCUT2D eigenvalue weighted by Crippen LogP contribution is -2.41. The van der Waals surface area contributed by atoms with E-state index in [1.807, 2.05) is 30.3 Å². The zero-order valence-corrected chi connectivity index (χ0v) is 19.7. The van der Waals surface area contributed by atoms with Crippen molar-refractivity contribution in [2.45, 2.75) is 38.9 Å². The zero-order chi connectivity index (χ0) is 20.1. The van der Waals surface area contributed by atoms with Crippen LogP contribution in [-0.2, 0) is 4.43 Å². The average Bonchev–Trinajstić information content (AvgIpc) is 2.60. The van der Waals surface area contributed by atoms with E-state index in [1.54, 1.807) is 12.1 Å². The van der Waals surface area contributed by atoms with E-state index in [2.05, 4.69) is 56.5 Å². The second-order valence-corrected chi connectivity index (χ2v) is 13.9. The van der Waals surface area contributed by atoms with Crippen molar-refractivity contribution in [3.8, 4) is 17.2 Å². The molecule has 27 heavy (non-hydrogen) atoms. The van der Waals surface area contributed by atoms with Crippen LogP contribution in [0.3, 0.4) is 0 Å². The van der Waals surface area contributed by atoms with Crippen molar-refractivity contribution in [2.75, 3.05) is 13.2 Å². The largest absolute Gasteiger partial charge is 0.491 e. The Balaban J connectivity index is 1.88. The van der Waals surface area contributed by atoms with Gasteiger partial charge in [0.25, 0.3) is 0 Å². The molecule has 6 heteroatoms. The Bertz CT molecular complexity index is 767. The summed E-state index contributed by atoms with van der Waals surface area (Å²) in [5.41, 5.74) is 0.532. The Morgan fingerprint density at radius 2 is 1.63 bits per heavy atom. The molecule has 2 aromatic rings. The number of carbonyl (C=O) groups excluding carboxylic acids is 1. The van der Waals surface area contributed by atoms with Gasteiger partial charge in [-0.25, -0.2) is 0 Å². The van der Waals surface area contributed by atoms with E-state index in [9.17, 15) is 4.79 Å². The Labute approximate surface area is 176 Å². The summed E-state index contributed by atoms with van der Waals surface area (Å²) in [5.74, 6) is 1.96. The van der Waals surface area contributed by atoms with Crippen LogP contribution in [0.15, 0.2) is 42.5 Å². The maximum atomic E-state index is 11.2. The van der Waals surface area contributed by atoms with Crippen molar-refractivity contribution in [1.29, 1.82) is 0 Å². The van der Waals surface area contributed by atoms with E-state index in [0.29, 0.717) is 30.3 Å². The molecule has 0 fully saturated rings. The van der Waals surface area contributed by atoms with Gasteiger partial charge >= 0.3 is 0 Å². The highest BCUT2D eigenvalue weighted by atomic mass is 127. The molecule has 0 amide bonds. The fourth-order valence-corrected chi connectivity index (χ4v) is 3.65. The standard InChI is InChI=1S/C21H27IO4Si/c1-21(2,3)27(4,5)25-13-12-24-18-7-9-19(10-8-18)26-20-11-6-17(22)14-16(20)15-23/h6-11,14-15H,12-13H2,1-5H3. The molecule has 0 unspecified atom stereocenters. The average molecular weight is 498 g/mol. The number of hydrogen-bond donors (Lipinski definition) is 0. The monoisotopic (exact) mass is 498 g/mol. The highest BCUT2D eigenvalue weighted by Gasteiger charge is 2.36. The molecule has 0 spiro atoms. The van der Waals surface area contributed by atoms with Crippen LogP contribution in [0.1, 0.15) is 31.1 Å². The number of halogens is 1. The Morgan fingerprint density at radius 1 is 1.00 bits per heavy atom. The molecule has 0 bridgehead atoms. The van der Waals surface area contributed by atoms with Crippen molar-refractivity contribution in [2.24, 2.45) is 0 Å². The first-order chi connectivity index (χ1) is 12.6. The molecule has 0 aromatic heterocycles. The van der Waals surface area contributed by atoms with Gasteiger partial charge in [0.2, 0.25) is 0 Å². The lowest BCUT2D eigenvalue weighted by Gasteiger charge is -2.36. The molecule has 0 aliphatic carbocycles. The molecule has 0 atom stereocenters. The number of rotatable bonds is 8. The lowest BCUT2D eigenvalue weighted by molar-refractivity contribution is 0.112. The van der Waals surface area contributed by atoms with Gasteiger partial charge in [-0.3, -0.25) is 4.79 Å². The molecular formula is C21H27IO4Si. The summed E-state index contributed by atoms with van der Waals surface area (Å²) >= 11 is 2.17. The zero-order valence-electron chi connectivity index (χ0n) is 16.5. The van der Waals surface area contributed by atoms with Crippen LogP contribution in [0.4, 0.5) is 0 Å². The number of aldehydes is 1. The topological polar surface area (TPSA) is 44.8 Å². The summed E-state index contributed by atoms with van der Waals surface area (Å²) < 4.78 is 18.7. The second-order valence-electron chi connectivity index (χ2n) is 7.83. The van der Waals surface area contributed by atoms with Gasteiger partial charge in [-0.15, -0.1) is 0 Å². The van der Waals surface area contributed by atoms with Crippen molar-refractivity contribution in [3.05, 3.63) is 51.6 Å². The van der Waals surface area contributed by atoms with E-state index in [4.69, 9.17) is 13.9 Å². The van der Waals surface area contributed by atoms with Gasteiger partial charge in [0.05, 0.1) is 12.2 Å². The van der Waals surface area contributed by atoms with Gasteiger partial charge in [0.1, 0.15) is 23.9 Å². The van der Waals surface area contributed by atoms with Crippen molar-refractivity contribution in [1.82, 2.24) is 0 Å². The van der Waals surface area contributed by atoms with Gasteiger partial charge in [0, 0.05) is 3.57 Å². The number of hydrogen-bond acceptors (Lipinski definition) is 4. The Kier molecular flexibility index (Phi) is 7.47. The SMILES string of the molecule is CC(C)(C)[Si](C)(C)OCCOc1ccc(Oc2ccc(I)cc2C=O)cc1. The molecule has 146 valence electrons. The molecule has 0 radical (unpaired) electrons. The normalized spacial score (nSPS) is 11.9. The third kappa shape index (κ3) is 6.33. The van der Waals surface area contributed by atoms with E-state index in [-0.39, 0.29) is 5.04 Å². The van der Waals surface area contributed by atoms with E-state index in [0.717, 1.165) is 15.6 Å². The van der Waals surface area contributed by atoms with Crippen molar-refractivity contribution < 1.29 is 18.7 Å². The number of ether oxygens (including phenoxy) is 2. The van der Waals surface area contributed by atoms with Crippen molar-refractivity contribution in [3.63, 3.8) is 0 Å². The van der Waals surface area contributed by atoms with Gasteiger partial charge in [-0.05, 0) is 83.2 Å². The minimum absolute atomic E-state index is 0.196. The van der Waals surface area contributed by atoms with Gasteiger partial charge in [-0.2, -0.15) is 0 Å². The fraction of sp³-hybridized carbons (Fsp3) is 0.381. The van der Waals surface area contributed by atoms with Crippen LogP contribution < -0.4 is 9.47 Å². The van der Waals surface area contributed by atoms with Crippen LogP contribution in [0.5, 0.6) is 17.2 Å². The predicted octanol–water partition coefficient (Wildman–Crippen LogP) is 6.30. The minimum atomic E-state index is -1.74. The molecule has 4 nitrogen and oxygen atoms in total. The maximum absolute atomic E-state index is 11.2. The predicted molar refractivity (Wildman–Crippen MR) is 120 cm³/mol. The Hall–Kier alpha value is -1.38. The molecule has 2 rings (SSSR count). The summed E-state index contributed by atoms with van der Waals surface area (Å²) in [6.07, 6.45) is 0.803. The summed E-state index contributed by atoms with van der Waals surface area (Å²) in [6.45, 7) is 12.2. The van der Waals surface area contributed by atoms with Crippen LogP contribution >= 0.6 is 22.6 Å². The first-order valence-corrected chi connectivity index (χ1v) is 12.9. The molecule has 0 saturated carbocycles. The smallest absolute Gasteiger partial charge is 0.192 e. The Morgan fingerprint density at radius 3 is 2.22 bits per heavy atom. The summed E-state index contributed by atoms with van der Waals surface area (Å²) in [6, 6.07) is 12.9. The minimum Gasteiger partial charge on any atom is -0.491 e. The maximum Gasteiger partial charge on any atom is 0.192 e. The fourth-order valence-electron chi connectivity index (χ4n) is 2.11. The summed E-state index contributed by atoms with van der Waals surface area (Å²) in [4.78, 5) is 11.2. The quantitative estimate of drug-likeness (QED) is 0.186. The number of benzene rings is 2. The van der Waals surface area contributed by atoms with Crippen LogP contribution in [0.25, 0.3) is 0 Å².